The number of methoxy groups -OCH3 is 1. The number of benzene rings is 2. The molecule has 0 unspecified atom stereocenters. The molecule has 0 aliphatic rings. The normalized spacial score (nSPS) is 9.39. The number of ether oxygens (including phenoxy) is 1. The second kappa shape index (κ2) is 13.3. The molecule has 0 saturated heterocycles. The van der Waals surface area contributed by atoms with Crippen molar-refractivity contribution in [2.45, 2.75) is 6.92 Å². The van der Waals surface area contributed by atoms with Crippen LogP contribution in [0.15, 0.2) is 73.1 Å². The summed E-state index contributed by atoms with van der Waals surface area (Å²) in [6, 6.07) is 18.2. The summed E-state index contributed by atoms with van der Waals surface area (Å²) in [6.45, 7) is 1.94. The van der Waals surface area contributed by atoms with E-state index in [0.717, 1.165) is 33.6 Å². The van der Waals surface area contributed by atoms with E-state index >= 15 is 0 Å². The fraction of sp³-hybridized carbons (Fsp3) is 0.0833. The van der Waals surface area contributed by atoms with Gasteiger partial charge in [0.2, 0.25) is 0 Å². The molecule has 2 N–H and O–H groups in total. The zero-order valence-electron chi connectivity index (χ0n) is 17.6. The van der Waals surface area contributed by atoms with Gasteiger partial charge in [-0.1, -0.05) is 24.3 Å². The number of phenols is 2. The molecular weight excluding hydrogens is 526 g/mol. The molecule has 4 aromatic rings. The first-order valence-electron chi connectivity index (χ1n) is 9.15. The second-order valence-corrected chi connectivity index (χ2v) is 6.77. The number of rotatable bonds is 4. The first kappa shape index (κ1) is 30.5. The van der Waals surface area contributed by atoms with Gasteiger partial charge in [0.25, 0.3) is 0 Å². The van der Waals surface area contributed by atoms with E-state index in [4.69, 9.17) is 4.74 Å². The van der Waals surface area contributed by atoms with Crippen LogP contribution in [-0.4, -0.2) is 27.3 Å². The smallest absolute Gasteiger partial charge is 1.00 e. The van der Waals surface area contributed by atoms with Gasteiger partial charge in [-0.15, -0.1) is 0 Å². The van der Waals surface area contributed by atoms with Crippen LogP contribution >= 0.6 is 0 Å². The van der Waals surface area contributed by atoms with Gasteiger partial charge in [-0.25, -0.2) is 0 Å². The molecule has 9 heteroatoms. The summed E-state index contributed by atoms with van der Waals surface area (Å²) in [5.41, 5.74) is 5.46. The van der Waals surface area contributed by atoms with Crippen LogP contribution in [0.25, 0.3) is 33.6 Å². The Morgan fingerprint density at radius 1 is 0.667 bits per heavy atom. The Kier molecular flexibility index (Phi) is 12.3. The van der Waals surface area contributed by atoms with Gasteiger partial charge in [0.1, 0.15) is 17.2 Å². The summed E-state index contributed by atoms with van der Waals surface area (Å²) in [7, 11) is 1.59. The molecule has 4 rings (SSSR count). The van der Waals surface area contributed by atoms with Crippen molar-refractivity contribution >= 4 is 0 Å². The molecule has 0 aliphatic heterocycles. The first-order valence-corrected chi connectivity index (χ1v) is 9.15. The molecule has 0 atom stereocenters. The summed E-state index contributed by atoms with van der Waals surface area (Å²) in [5.74, 6) is 1.07. The summed E-state index contributed by atoms with van der Waals surface area (Å²) in [6.07, 6.45) is 3.43. The van der Waals surface area contributed by atoms with Crippen LogP contribution in [0.5, 0.6) is 17.2 Å². The third-order valence-corrected chi connectivity index (χ3v) is 4.77. The molecular formula is C24H20Cl3MnN2O3. The monoisotopic (exact) mass is 544 g/mol. The number of hydrogen-bond acceptors (Lipinski definition) is 5. The van der Waals surface area contributed by atoms with Gasteiger partial charge >= 0.3 is 17.1 Å². The van der Waals surface area contributed by atoms with Crippen LogP contribution in [-0.2, 0) is 17.1 Å². The SMILES string of the molecule is COc1ccc(O)c(-c2ccc(-c3ccc(-c4ccc(C)cc4O)cn3)nc2)c1.[Cl-].[Cl-].[Cl-].[Mn+3]. The number of pyridine rings is 2. The minimum absolute atomic E-state index is 0. The number of aromatic nitrogens is 2. The topological polar surface area (TPSA) is 75.5 Å². The van der Waals surface area contributed by atoms with Crippen molar-refractivity contribution in [2.24, 2.45) is 0 Å². The second-order valence-electron chi connectivity index (χ2n) is 6.77. The number of phenolic OH excluding ortho intramolecular Hbond substituents is 2. The molecule has 2 aromatic carbocycles. The van der Waals surface area contributed by atoms with Crippen molar-refractivity contribution in [3.8, 4) is 50.9 Å². The van der Waals surface area contributed by atoms with E-state index in [9.17, 15) is 10.2 Å². The van der Waals surface area contributed by atoms with Crippen LogP contribution in [0.1, 0.15) is 5.56 Å². The minimum Gasteiger partial charge on any atom is -1.00 e. The van der Waals surface area contributed by atoms with Gasteiger partial charge in [-0.2, -0.15) is 0 Å². The summed E-state index contributed by atoms with van der Waals surface area (Å²) in [5, 5.41) is 20.3. The standard InChI is InChI=1S/C24H20N2O3.3ClH.Mn/c1-15-3-7-19(24(28)11-15)16-4-8-21(25-13-16)22-9-5-17(14-26-22)20-12-18(29-2)6-10-23(20)27;;;;/h3-14,27-28H,1-2H3;3*1H;/q;;;;+3/p-3. The Labute approximate surface area is 222 Å². The largest absolute Gasteiger partial charge is 3.00 e. The molecule has 0 radical (unpaired) electrons. The molecule has 0 spiro atoms. The first-order chi connectivity index (χ1) is 14.0. The number of hydrogen-bond donors (Lipinski definition) is 2. The van der Waals surface area contributed by atoms with Gasteiger partial charge in [0, 0.05) is 34.6 Å². The quantitative estimate of drug-likeness (QED) is 0.258. The van der Waals surface area contributed by atoms with Gasteiger partial charge in [-0.05, 0) is 48.9 Å². The summed E-state index contributed by atoms with van der Waals surface area (Å²) < 4.78 is 5.23. The van der Waals surface area contributed by atoms with E-state index in [1.54, 1.807) is 43.8 Å². The molecule has 33 heavy (non-hydrogen) atoms. The predicted octanol–water partition coefficient (Wildman–Crippen LogP) is -3.78. The number of aryl methyl sites for hydroxylation is 1. The van der Waals surface area contributed by atoms with E-state index in [1.807, 2.05) is 43.3 Å². The molecule has 0 fully saturated rings. The number of aromatic hydroxyl groups is 2. The Bertz CT molecular complexity index is 1170. The van der Waals surface area contributed by atoms with Gasteiger partial charge in [0.15, 0.2) is 0 Å². The minimum atomic E-state index is 0. The average Bonchev–Trinajstić information content (AvgIpc) is 2.74. The maximum Gasteiger partial charge on any atom is 3.00 e. The molecule has 2 heterocycles. The molecule has 0 saturated carbocycles. The predicted molar refractivity (Wildman–Crippen MR) is 113 cm³/mol. The van der Waals surface area contributed by atoms with Crippen molar-refractivity contribution in [1.29, 1.82) is 0 Å². The molecule has 172 valence electrons. The van der Waals surface area contributed by atoms with Crippen molar-refractivity contribution in [1.82, 2.24) is 9.97 Å². The van der Waals surface area contributed by atoms with Crippen molar-refractivity contribution in [3.05, 3.63) is 78.6 Å². The van der Waals surface area contributed by atoms with Crippen molar-refractivity contribution in [3.63, 3.8) is 0 Å². The fourth-order valence-corrected chi connectivity index (χ4v) is 3.17. The molecule has 2 aromatic heterocycles. The van der Waals surface area contributed by atoms with Crippen molar-refractivity contribution in [2.75, 3.05) is 7.11 Å². The van der Waals surface area contributed by atoms with E-state index in [2.05, 4.69) is 9.97 Å². The van der Waals surface area contributed by atoms with E-state index in [-0.39, 0.29) is 65.8 Å². The third kappa shape index (κ3) is 6.76. The molecule has 0 aliphatic carbocycles. The van der Waals surface area contributed by atoms with Crippen LogP contribution in [0.2, 0.25) is 0 Å². The van der Waals surface area contributed by atoms with Crippen LogP contribution < -0.4 is 42.0 Å². The third-order valence-electron chi connectivity index (χ3n) is 4.77. The fourth-order valence-electron chi connectivity index (χ4n) is 3.17. The maximum atomic E-state index is 10.2. The summed E-state index contributed by atoms with van der Waals surface area (Å²) >= 11 is 0. The Balaban J connectivity index is 0.00000256. The van der Waals surface area contributed by atoms with E-state index < -0.39 is 0 Å². The van der Waals surface area contributed by atoms with Crippen LogP contribution in [0.3, 0.4) is 0 Å². The number of nitrogens with zero attached hydrogens (tertiary/aromatic N) is 2. The van der Waals surface area contributed by atoms with Crippen LogP contribution in [0.4, 0.5) is 0 Å². The molecule has 0 amide bonds. The van der Waals surface area contributed by atoms with Gasteiger partial charge < -0.3 is 52.2 Å². The van der Waals surface area contributed by atoms with E-state index in [1.165, 1.54) is 0 Å². The van der Waals surface area contributed by atoms with Gasteiger partial charge in [0.05, 0.1) is 18.5 Å². The maximum absolute atomic E-state index is 10.2. The Morgan fingerprint density at radius 2 is 1.24 bits per heavy atom. The molecule has 5 nitrogen and oxygen atoms in total. The zero-order chi connectivity index (χ0) is 20.4. The molecule has 0 bridgehead atoms. The van der Waals surface area contributed by atoms with Crippen molar-refractivity contribution < 1.29 is 69.2 Å². The Hall–Kier alpha value is -2.47. The Morgan fingerprint density at radius 3 is 1.73 bits per heavy atom. The summed E-state index contributed by atoms with van der Waals surface area (Å²) in [4.78, 5) is 8.98. The number of halogens is 3. The zero-order valence-corrected chi connectivity index (χ0v) is 21.1. The van der Waals surface area contributed by atoms with Gasteiger partial charge in [-0.3, -0.25) is 9.97 Å². The van der Waals surface area contributed by atoms with E-state index in [0.29, 0.717) is 11.3 Å². The van der Waals surface area contributed by atoms with Crippen LogP contribution in [0, 0.1) is 6.92 Å². The average molecular weight is 546 g/mol.